The molecule has 0 saturated heterocycles. The molecule has 0 aliphatic heterocycles. The fourth-order valence-corrected chi connectivity index (χ4v) is 5.53. The molecule has 0 spiro atoms. The lowest BCUT2D eigenvalue weighted by Gasteiger charge is -2.32. The van der Waals surface area contributed by atoms with E-state index in [9.17, 15) is 5.11 Å². The quantitative estimate of drug-likeness (QED) is 0.292. The summed E-state index contributed by atoms with van der Waals surface area (Å²) < 4.78 is 0. The van der Waals surface area contributed by atoms with Crippen molar-refractivity contribution in [3.8, 4) is 0 Å². The standard InChI is InChI=1S/C33H36N2O/c36-33-22-31(34(23-27-13-5-1-6-14-27)24-28-15-7-2-8-16-28)21-32(33)35(25-29-17-9-3-10-18-29)26-30-19-11-4-12-20-30/h1-20,31-33,36H,21-26H2/t31-,32+,33+/m1/s1. The van der Waals surface area contributed by atoms with Crippen LogP contribution in [0.5, 0.6) is 0 Å². The molecule has 5 rings (SSSR count). The second-order valence-electron chi connectivity index (χ2n) is 10.0. The van der Waals surface area contributed by atoms with Crippen LogP contribution in [0.15, 0.2) is 121 Å². The first-order chi connectivity index (χ1) is 17.7. The van der Waals surface area contributed by atoms with Crippen LogP contribution >= 0.6 is 0 Å². The summed E-state index contributed by atoms with van der Waals surface area (Å²) in [5.74, 6) is 0. The summed E-state index contributed by atoms with van der Waals surface area (Å²) in [4.78, 5) is 5.05. The summed E-state index contributed by atoms with van der Waals surface area (Å²) in [5, 5.41) is 11.4. The van der Waals surface area contributed by atoms with Crippen LogP contribution in [-0.4, -0.2) is 33.1 Å². The van der Waals surface area contributed by atoms with Gasteiger partial charge in [-0.3, -0.25) is 9.80 Å². The zero-order valence-corrected chi connectivity index (χ0v) is 20.9. The number of rotatable bonds is 10. The highest BCUT2D eigenvalue weighted by atomic mass is 16.3. The van der Waals surface area contributed by atoms with Gasteiger partial charge in [-0.05, 0) is 35.1 Å². The molecule has 1 fully saturated rings. The van der Waals surface area contributed by atoms with Gasteiger partial charge in [0.15, 0.2) is 0 Å². The van der Waals surface area contributed by atoms with E-state index in [0.29, 0.717) is 6.04 Å². The largest absolute Gasteiger partial charge is 0.391 e. The van der Waals surface area contributed by atoms with Crippen LogP contribution < -0.4 is 0 Å². The fourth-order valence-electron chi connectivity index (χ4n) is 5.53. The van der Waals surface area contributed by atoms with Crippen molar-refractivity contribution in [2.24, 2.45) is 0 Å². The van der Waals surface area contributed by atoms with Crippen LogP contribution in [0, 0.1) is 0 Å². The van der Waals surface area contributed by atoms with Crippen molar-refractivity contribution in [2.45, 2.75) is 57.2 Å². The molecule has 3 nitrogen and oxygen atoms in total. The van der Waals surface area contributed by atoms with E-state index >= 15 is 0 Å². The van der Waals surface area contributed by atoms with Crippen molar-refractivity contribution in [2.75, 3.05) is 0 Å². The average molecular weight is 477 g/mol. The SMILES string of the molecule is O[C@H]1C[C@H](N(Cc2ccccc2)Cc2ccccc2)C[C@@H]1N(Cc1ccccc1)Cc1ccccc1. The average Bonchev–Trinajstić information content (AvgIpc) is 3.32. The van der Waals surface area contributed by atoms with Gasteiger partial charge in [0.25, 0.3) is 0 Å². The predicted molar refractivity (Wildman–Crippen MR) is 147 cm³/mol. The highest BCUT2D eigenvalue weighted by Crippen LogP contribution is 2.32. The molecule has 1 aliphatic rings. The Morgan fingerprint density at radius 3 is 1.17 bits per heavy atom. The van der Waals surface area contributed by atoms with Crippen molar-refractivity contribution in [1.29, 1.82) is 0 Å². The maximum Gasteiger partial charge on any atom is 0.0711 e. The molecular weight excluding hydrogens is 440 g/mol. The van der Waals surface area contributed by atoms with Gasteiger partial charge in [0.1, 0.15) is 0 Å². The monoisotopic (exact) mass is 476 g/mol. The van der Waals surface area contributed by atoms with Gasteiger partial charge in [-0.1, -0.05) is 121 Å². The van der Waals surface area contributed by atoms with E-state index < -0.39 is 0 Å². The Kier molecular flexibility index (Phi) is 8.24. The molecule has 0 unspecified atom stereocenters. The Bertz CT molecular complexity index is 1080. The lowest BCUT2D eigenvalue weighted by Crippen LogP contribution is -2.40. The zero-order chi connectivity index (χ0) is 24.6. The Hall–Kier alpha value is -3.24. The maximum absolute atomic E-state index is 11.4. The van der Waals surface area contributed by atoms with E-state index in [1.807, 2.05) is 0 Å². The molecule has 0 bridgehead atoms. The van der Waals surface area contributed by atoms with Crippen molar-refractivity contribution in [3.63, 3.8) is 0 Å². The third-order valence-corrected chi connectivity index (χ3v) is 7.37. The van der Waals surface area contributed by atoms with E-state index in [0.717, 1.165) is 39.0 Å². The molecule has 1 saturated carbocycles. The Balaban J connectivity index is 1.37. The van der Waals surface area contributed by atoms with Crippen LogP contribution in [-0.2, 0) is 26.2 Å². The summed E-state index contributed by atoms with van der Waals surface area (Å²) in [6.45, 7) is 3.44. The summed E-state index contributed by atoms with van der Waals surface area (Å²) in [5.41, 5.74) is 5.21. The highest BCUT2D eigenvalue weighted by molar-refractivity contribution is 5.20. The number of aliphatic hydroxyl groups is 1. The van der Waals surface area contributed by atoms with Crippen LogP contribution in [0.4, 0.5) is 0 Å². The van der Waals surface area contributed by atoms with Gasteiger partial charge in [0.05, 0.1) is 6.10 Å². The first-order valence-corrected chi connectivity index (χ1v) is 13.1. The number of hydrogen-bond donors (Lipinski definition) is 1. The van der Waals surface area contributed by atoms with Crippen molar-refractivity contribution >= 4 is 0 Å². The third-order valence-electron chi connectivity index (χ3n) is 7.37. The zero-order valence-electron chi connectivity index (χ0n) is 20.9. The second kappa shape index (κ2) is 12.1. The first kappa shape index (κ1) is 24.5. The van der Waals surface area contributed by atoms with E-state index in [4.69, 9.17) is 0 Å². The molecule has 36 heavy (non-hydrogen) atoms. The number of nitrogens with zero attached hydrogens (tertiary/aromatic N) is 2. The van der Waals surface area contributed by atoms with E-state index in [2.05, 4.69) is 131 Å². The van der Waals surface area contributed by atoms with Crippen molar-refractivity contribution < 1.29 is 5.11 Å². The van der Waals surface area contributed by atoms with Gasteiger partial charge in [-0.25, -0.2) is 0 Å². The summed E-state index contributed by atoms with van der Waals surface area (Å²) >= 11 is 0. The maximum atomic E-state index is 11.4. The molecular formula is C33H36N2O. The summed E-state index contributed by atoms with van der Waals surface area (Å²) in [7, 11) is 0. The molecule has 0 aromatic heterocycles. The molecule has 4 aromatic carbocycles. The molecule has 1 aliphatic carbocycles. The Morgan fingerprint density at radius 1 is 0.472 bits per heavy atom. The number of aliphatic hydroxyl groups excluding tert-OH is 1. The van der Waals surface area contributed by atoms with Crippen LogP contribution in [0.1, 0.15) is 35.1 Å². The third kappa shape index (κ3) is 6.50. The van der Waals surface area contributed by atoms with Crippen molar-refractivity contribution in [3.05, 3.63) is 144 Å². The molecule has 184 valence electrons. The smallest absolute Gasteiger partial charge is 0.0711 e. The normalized spacial score (nSPS) is 19.7. The van der Waals surface area contributed by atoms with Crippen LogP contribution in [0.2, 0.25) is 0 Å². The first-order valence-electron chi connectivity index (χ1n) is 13.1. The topological polar surface area (TPSA) is 26.7 Å². The minimum Gasteiger partial charge on any atom is -0.391 e. The molecule has 3 atom stereocenters. The van der Waals surface area contributed by atoms with Crippen LogP contribution in [0.3, 0.4) is 0 Å². The molecule has 4 aromatic rings. The van der Waals surface area contributed by atoms with Gasteiger partial charge in [-0.2, -0.15) is 0 Å². The minimum atomic E-state index is -0.350. The van der Waals surface area contributed by atoms with E-state index in [1.54, 1.807) is 0 Å². The second-order valence-corrected chi connectivity index (χ2v) is 10.0. The lowest BCUT2D eigenvalue weighted by atomic mass is 10.1. The summed E-state index contributed by atoms with van der Waals surface area (Å²) in [6, 6.07) is 43.2. The molecule has 0 amide bonds. The molecule has 0 heterocycles. The fraction of sp³-hybridized carbons (Fsp3) is 0.273. The van der Waals surface area contributed by atoms with Crippen LogP contribution in [0.25, 0.3) is 0 Å². The van der Waals surface area contributed by atoms with Gasteiger partial charge in [-0.15, -0.1) is 0 Å². The van der Waals surface area contributed by atoms with Gasteiger partial charge < -0.3 is 5.11 Å². The number of benzene rings is 4. The lowest BCUT2D eigenvalue weighted by molar-refractivity contribution is 0.0608. The summed E-state index contributed by atoms with van der Waals surface area (Å²) in [6.07, 6.45) is 1.40. The van der Waals surface area contributed by atoms with Crippen molar-refractivity contribution in [1.82, 2.24) is 9.80 Å². The molecule has 0 radical (unpaired) electrons. The molecule has 1 N–H and O–H groups in total. The number of hydrogen-bond acceptors (Lipinski definition) is 3. The minimum absolute atomic E-state index is 0.115. The highest BCUT2D eigenvalue weighted by Gasteiger charge is 2.39. The van der Waals surface area contributed by atoms with E-state index in [1.165, 1.54) is 22.3 Å². The van der Waals surface area contributed by atoms with E-state index in [-0.39, 0.29) is 12.1 Å². The van der Waals surface area contributed by atoms with Gasteiger partial charge >= 0.3 is 0 Å². The van der Waals surface area contributed by atoms with Gasteiger partial charge in [0, 0.05) is 38.3 Å². The Labute approximate surface area is 215 Å². The predicted octanol–water partition coefficient (Wildman–Crippen LogP) is 6.28. The van der Waals surface area contributed by atoms with Gasteiger partial charge in [0.2, 0.25) is 0 Å². The Morgan fingerprint density at radius 2 is 0.806 bits per heavy atom. The molecule has 3 heteroatoms.